The molecule has 0 spiro atoms. The van der Waals surface area contributed by atoms with Crippen molar-refractivity contribution in [3.05, 3.63) is 115 Å². The molecule has 0 fully saturated rings. The number of anilines is 3. The van der Waals surface area contributed by atoms with Gasteiger partial charge in [-0.15, -0.1) is 11.3 Å². The Hall–Kier alpha value is -4.21. The minimum atomic E-state index is -0.541. The van der Waals surface area contributed by atoms with E-state index in [1.165, 1.54) is 24.3 Å². The van der Waals surface area contributed by atoms with Crippen molar-refractivity contribution in [1.82, 2.24) is 5.32 Å². The van der Waals surface area contributed by atoms with Crippen molar-refractivity contribution in [3.63, 3.8) is 0 Å². The van der Waals surface area contributed by atoms with Gasteiger partial charge in [-0.2, -0.15) is 0 Å². The number of carbonyl (C=O) groups is 2. The highest BCUT2D eigenvalue weighted by Gasteiger charge is 2.27. The third-order valence-electron chi connectivity index (χ3n) is 5.48. The van der Waals surface area contributed by atoms with Gasteiger partial charge in [0.25, 0.3) is 11.6 Å². The number of carbonyl (C=O) groups excluding carboxylic acids is 2. The summed E-state index contributed by atoms with van der Waals surface area (Å²) in [6, 6.07) is 19.8. The number of nitro groups is 1. The number of ketones is 1. The van der Waals surface area contributed by atoms with Crippen LogP contribution >= 0.6 is 22.9 Å². The van der Waals surface area contributed by atoms with Gasteiger partial charge in [0.2, 0.25) is 5.78 Å². The van der Waals surface area contributed by atoms with Gasteiger partial charge in [0.1, 0.15) is 9.88 Å². The van der Waals surface area contributed by atoms with Crippen LogP contribution in [0.25, 0.3) is 0 Å². The van der Waals surface area contributed by atoms with E-state index in [1.807, 2.05) is 31.2 Å². The van der Waals surface area contributed by atoms with E-state index in [4.69, 9.17) is 17.3 Å². The van der Waals surface area contributed by atoms with Crippen molar-refractivity contribution in [3.8, 4) is 0 Å². The molecule has 36 heavy (non-hydrogen) atoms. The van der Waals surface area contributed by atoms with Crippen LogP contribution in [-0.4, -0.2) is 16.6 Å². The molecule has 182 valence electrons. The summed E-state index contributed by atoms with van der Waals surface area (Å²) >= 11 is 6.99. The molecule has 0 atom stereocenters. The number of rotatable bonds is 8. The highest BCUT2D eigenvalue weighted by molar-refractivity contribution is 7.19. The molecule has 0 aliphatic rings. The monoisotopic (exact) mass is 520 g/mol. The van der Waals surface area contributed by atoms with Gasteiger partial charge in [-0.1, -0.05) is 41.9 Å². The lowest BCUT2D eigenvalue weighted by molar-refractivity contribution is -0.384. The summed E-state index contributed by atoms with van der Waals surface area (Å²) in [5, 5.41) is 18.0. The first-order chi connectivity index (χ1) is 17.2. The molecule has 0 saturated heterocycles. The summed E-state index contributed by atoms with van der Waals surface area (Å²) in [5.41, 5.74) is 9.20. The second-order valence-corrected chi connectivity index (χ2v) is 9.39. The molecule has 0 unspecified atom stereocenters. The topological polar surface area (TPSA) is 127 Å². The Balaban J connectivity index is 1.69. The Morgan fingerprint density at radius 1 is 1.03 bits per heavy atom. The fourth-order valence-corrected chi connectivity index (χ4v) is 4.72. The van der Waals surface area contributed by atoms with Gasteiger partial charge in [0.15, 0.2) is 0 Å². The SMILES string of the molecule is Cc1ccccc1Nc1sc(C(=O)c2ccc([N+](=O)[O-])cc2)c(N)c1C(=O)NCc1ccc(Cl)cc1. The molecule has 4 N–H and O–H groups in total. The largest absolute Gasteiger partial charge is 0.397 e. The van der Waals surface area contributed by atoms with Gasteiger partial charge in [-0.05, 0) is 48.4 Å². The molecule has 10 heteroatoms. The summed E-state index contributed by atoms with van der Waals surface area (Å²) in [6.07, 6.45) is 0. The van der Waals surface area contributed by atoms with Crippen molar-refractivity contribution in [1.29, 1.82) is 0 Å². The van der Waals surface area contributed by atoms with Gasteiger partial charge in [0, 0.05) is 35.0 Å². The van der Waals surface area contributed by atoms with Gasteiger partial charge < -0.3 is 16.4 Å². The fourth-order valence-electron chi connectivity index (χ4n) is 3.50. The number of nitro benzene ring substituents is 1. The maximum atomic E-state index is 13.3. The first kappa shape index (κ1) is 24.9. The van der Waals surface area contributed by atoms with Crippen molar-refractivity contribution in [2.24, 2.45) is 0 Å². The zero-order chi connectivity index (χ0) is 25.8. The number of hydrogen-bond acceptors (Lipinski definition) is 7. The number of nitrogens with two attached hydrogens (primary N) is 1. The average molecular weight is 521 g/mol. The highest BCUT2D eigenvalue weighted by atomic mass is 35.5. The number of amides is 1. The third-order valence-corrected chi connectivity index (χ3v) is 6.85. The van der Waals surface area contributed by atoms with E-state index in [0.717, 1.165) is 28.2 Å². The number of hydrogen-bond donors (Lipinski definition) is 3. The average Bonchev–Trinajstić information content (AvgIpc) is 3.20. The highest BCUT2D eigenvalue weighted by Crippen LogP contribution is 2.39. The third kappa shape index (κ3) is 5.37. The smallest absolute Gasteiger partial charge is 0.269 e. The molecular formula is C26H21ClN4O4S. The summed E-state index contributed by atoms with van der Waals surface area (Å²) in [6.45, 7) is 2.16. The summed E-state index contributed by atoms with van der Waals surface area (Å²) in [5.74, 6) is -0.880. The number of benzene rings is 3. The molecule has 0 saturated carbocycles. The van der Waals surface area contributed by atoms with E-state index < -0.39 is 16.6 Å². The first-order valence-corrected chi connectivity index (χ1v) is 12.0. The number of aryl methyl sites for hydroxylation is 1. The molecule has 4 aromatic rings. The van der Waals surface area contributed by atoms with E-state index in [1.54, 1.807) is 24.3 Å². The predicted molar refractivity (Wildman–Crippen MR) is 142 cm³/mol. The maximum absolute atomic E-state index is 13.3. The summed E-state index contributed by atoms with van der Waals surface area (Å²) in [7, 11) is 0. The number of thiophene rings is 1. The van der Waals surface area contributed by atoms with Crippen molar-refractivity contribution < 1.29 is 14.5 Å². The van der Waals surface area contributed by atoms with Crippen LogP contribution in [0.1, 0.15) is 36.7 Å². The van der Waals surface area contributed by atoms with Crippen LogP contribution in [-0.2, 0) is 6.54 Å². The van der Waals surface area contributed by atoms with Crippen molar-refractivity contribution in [2.75, 3.05) is 11.1 Å². The Morgan fingerprint density at radius 2 is 1.69 bits per heavy atom. The van der Waals surface area contributed by atoms with Crippen LogP contribution in [0.5, 0.6) is 0 Å². The molecule has 0 aliphatic heterocycles. The standard InChI is InChI=1S/C26H21ClN4O4S/c1-15-4-2-3-5-20(15)30-26-21(25(33)29-14-16-6-10-18(27)11-7-16)22(28)24(36-26)23(32)17-8-12-19(13-9-17)31(34)35/h2-13,30H,14,28H2,1H3,(H,29,33). The molecule has 3 aromatic carbocycles. The van der Waals surface area contributed by atoms with Crippen LogP contribution in [0.15, 0.2) is 72.8 Å². The lowest BCUT2D eigenvalue weighted by Crippen LogP contribution is -2.24. The predicted octanol–water partition coefficient (Wildman–Crippen LogP) is 6.10. The molecule has 0 radical (unpaired) electrons. The quantitative estimate of drug-likeness (QED) is 0.146. The maximum Gasteiger partial charge on any atom is 0.269 e. The van der Waals surface area contributed by atoms with Crippen LogP contribution in [0.2, 0.25) is 5.02 Å². The number of non-ortho nitro benzene ring substituents is 1. The summed E-state index contributed by atoms with van der Waals surface area (Å²) < 4.78 is 0. The first-order valence-electron chi connectivity index (χ1n) is 10.8. The minimum absolute atomic E-state index is 0.0352. The van der Waals surface area contributed by atoms with Gasteiger partial charge in [0.05, 0.1) is 16.2 Å². The molecule has 8 nitrogen and oxygen atoms in total. The van der Waals surface area contributed by atoms with E-state index in [2.05, 4.69) is 10.6 Å². The molecule has 1 amide bonds. The number of para-hydroxylation sites is 1. The van der Waals surface area contributed by atoms with E-state index in [0.29, 0.717) is 10.0 Å². The lowest BCUT2D eigenvalue weighted by atomic mass is 10.1. The Morgan fingerprint density at radius 3 is 2.33 bits per heavy atom. The molecule has 1 aromatic heterocycles. The van der Waals surface area contributed by atoms with E-state index >= 15 is 0 Å². The fraction of sp³-hybridized carbons (Fsp3) is 0.0769. The minimum Gasteiger partial charge on any atom is -0.397 e. The molecule has 0 bridgehead atoms. The van der Waals surface area contributed by atoms with Gasteiger partial charge in [-0.25, -0.2) is 0 Å². The number of nitrogens with one attached hydrogen (secondary N) is 2. The van der Waals surface area contributed by atoms with Crippen LogP contribution in [0, 0.1) is 17.0 Å². The van der Waals surface area contributed by atoms with Gasteiger partial charge in [-0.3, -0.25) is 19.7 Å². The van der Waals surface area contributed by atoms with E-state index in [9.17, 15) is 19.7 Å². The van der Waals surface area contributed by atoms with Crippen LogP contribution in [0.3, 0.4) is 0 Å². The number of nitrogens with zero attached hydrogens (tertiary/aromatic N) is 1. The molecule has 4 rings (SSSR count). The summed E-state index contributed by atoms with van der Waals surface area (Å²) in [4.78, 5) is 37.1. The van der Waals surface area contributed by atoms with E-state index in [-0.39, 0.29) is 33.9 Å². The number of nitrogen functional groups attached to an aromatic ring is 1. The second-order valence-electron chi connectivity index (χ2n) is 7.93. The van der Waals surface area contributed by atoms with Gasteiger partial charge >= 0.3 is 0 Å². The number of halogens is 1. The second kappa shape index (κ2) is 10.6. The van der Waals surface area contributed by atoms with Crippen molar-refractivity contribution >= 4 is 56.7 Å². The zero-order valence-electron chi connectivity index (χ0n) is 19.1. The normalized spacial score (nSPS) is 10.6. The molecule has 1 heterocycles. The van der Waals surface area contributed by atoms with Crippen molar-refractivity contribution in [2.45, 2.75) is 13.5 Å². The Labute approximate surface area is 215 Å². The zero-order valence-corrected chi connectivity index (χ0v) is 20.7. The lowest BCUT2D eigenvalue weighted by Gasteiger charge is -2.11. The van der Waals surface area contributed by atoms with Crippen LogP contribution in [0.4, 0.5) is 22.1 Å². The van der Waals surface area contributed by atoms with Crippen LogP contribution < -0.4 is 16.4 Å². The molecular weight excluding hydrogens is 500 g/mol. The Bertz CT molecular complexity index is 1450. The Kier molecular flexibility index (Phi) is 7.33. The molecule has 0 aliphatic carbocycles.